The number of halogens is 1. The number of nitrogens with one attached hydrogen (secondary N) is 2. The summed E-state index contributed by atoms with van der Waals surface area (Å²) in [5, 5.41) is 24.0. The first kappa shape index (κ1) is 18.5. The molecule has 0 saturated carbocycles. The number of carbonyl (C=O) groups is 2. The Bertz CT molecular complexity index is 819. The number of nitriles is 2. The van der Waals surface area contributed by atoms with Crippen molar-refractivity contribution >= 4 is 29.3 Å². The smallest absolute Gasteiger partial charge is 0.243 e. The third kappa shape index (κ3) is 3.98. The van der Waals surface area contributed by atoms with Gasteiger partial charge in [-0.1, -0.05) is 25.6 Å². The average molecular weight is 358 g/mol. The summed E-state index contributed by atoms with van der Waals surface area (Å²) in [5.74, 6) is -2.29. The predicted octanol–water partition coefficient (Wildman–Crippen LogP) is 2.53. The van der Waals surface area contributed by atoms with E-state index >= 15 is 0 Å². The predicted molar refractivity (Wildman–Crippen MR) is 91.2 cm³/mol. The number of anilines is 1. The third-order valence-corrected chi connectivity index (χ3v) is 4.81. The van der Waals surface area contributed by atoms with Crippen molar-refractivity contribution in [1.82, 2.24) is 5.32 Å². The fourth-order valence-electron chi connectivity index (χ4n) is 2.40. The van der Waals surface area contributed by atoms with Crippen LogP contribution in [0.3, 0.4) is 0 Å². The molecule has 0 radical (unpaired) electrons. The lowest BCUT2D eigenvalue weighted by Gasteiger charge is -2.34. The number of nitrogens with zero attached hydrogens (tertiary/aromatic N) is 2. The van der Waals surface area contributed by atoms with Crippen LogP contribution in [0.2, 0.25) is 0 Å². The van der Waals surface area contributed by atoms with Crippen molar-refractivity contribution in [3.05, 3.63) is 40.7 Å². The van der Waals surface area contributed by atoms with Crippen LogP contribution in [0.4, 0.5) is 10.1 Å². The van der Waals surface area contributed by atoms with Crippen LogP contribution in [-0.4, -0.2) is 17.6 Å². The SMILES string of the molecule is CC1(C)C(C#N)=C(SCC(=O)Nc2ccc(F)cc2)NC(=O)[C@H]1C#N. The molecule has 1 aromatic rings. The number of benzene rings is 1. The standard InChI is InChI=1S/C17H15FN4O2S/c1-17(2)12(7-19)15(24)22-16(13(17)8-20)25-9-14(23)21-11-5-3-10(18)4-6-11/h3-6,12H,9H2,1-2H3,(H,21,23)(H,22,24)/t12-/m1/s1. The Morgan fingerprint density at radius 2 is 2.00 bits per heavy atom. The molecule has 6 nitrogen and oxygen atoms in total. The molecule has 0 saturated heterocycles. The number of thioether (sulfide) groups is 1. The van der Waals surface area contributed by atoms with Gasteiger partial charge in [0.25, 0.3) is 0 Å². The van der Waals surface area contributed by atoms with Gasteiger partial charge in [0.1, 0.15) is 11.7 Å². The van der Waals surface area contributed by atoms with Gasteiger partial charge in [-0.15, -0.1) is 0 Å². The molecule has 0 aromatic heterocycles. The van der Waals surface area contributed by atoms with Crippen molar-refractivity contribution in [2.75, 3.05) is 11.1 Å². The maximum Gasteiger partial charge on any atom is 0.243 e. The monoisotopic (exact) mass is 358 g/mol. The number of allylic oxidation sites excluding steroid dienone is 1. The minimum Gasteiger partial charge on any atom is -0.325 e. The van der Waals surface area contributed by atoms with Crippen LogP contribution < -0.4 is 10.6 Å². The van der Waals surface area contributed by atoms with Crippen LogP contribution in [0.15, 0.2) is 34.9 Å². The van der Waals surface area contributed by atoms with Crippen molar-refractivity contribution in [2.45, 2.75) is 13.8 Å². The molecule has 1 aliphatic heterocycles. The van der Waals surface area contributed by atoms with E-state index in [1.807, 2.05) is 12.1 Å². The molecule has 0 unspecified atom stereocenters. The Balaban J connectivity index is 2.10. The van der Waals surface area contributed by atoms with Gasteiger partial charge in [-0.25, -0.2) is 4.39 Å². The Morgan fingerprint density at radius 3 is 2.56 bits per heavy atom. The molecule has 8 heteroatoms. The second-order valence-electron chi connectivity index (χ2n) is 5.93. The number of amides is 2. The van der Waals surface area contributed by atoms with Gasteiger partial charge in [-0.2, -0.15) is 10.5 Å². The van der Waals surface area contributed by atoms with Crippen molar-refractivity contribution in [3.8, 4) is 12.1 Å². The van der Waals surface area contributed by atoms with E-state index in [9.17, 15) is 19.2 Å². The van der Waals surface area contributed by atoms with E-state index in [2.05, 4.69) is 10.6 Å². The molecule has 1 atom stereocenters. The topological polar surface area (TPSA) is 106 Å². The van der Waals surface area contributed by atoms with Gasteiger partial charge in [-0.05, 0) is 24.3 Å². The molecular formula is C17H15FN4O2S. The van der Waals surface area contributed by atoms with E-state index in [1.165, 1.54) is 24.3 Å². The largest absolute Gasteiger partial charge is 0.325 e. The highest BCUT2D eigenvalue weighted by Gasteiger charge is 2.44. The molecule has 25 heavy (non-hydrogen) atoms. The normalized spacial score (nSPS) is 18.8. The molecule has 1 aliphatic rings. The third-order valence-electron chi connectivity index (χ3n) is 3.81. The number of hydrogen-bond acceptors (Lipinski definition) is 5. The van der Waals surface area contributed by atoms with Crippen molar-refractivity contribution in [1.29, 1.82) is 10.5 Å². The second kappa shape index (κ2) is 7.37. The molecule has 0 bridgehead atoms. The van der Waals surface area contributed by atoms with Gasteiger partial charge in [0, 0.05) is 11.1 Å². The van der Waals surface area contributed by atoms with E-state index in [0.29, 0.717) is 5.69 Å². The minimum absolute atomic E-state index is 0.0501. The van der Waals surface area contributed by atoms with Gasteiger partial charge in [-0.3, -0.25) is 9.59 Å². The zero-order valence-electron chi connectivity index (χ0n) is 13.6. The lowest BCUT2D eigenvalue weighted by molar-refractivity contribution is -0.125. The maximum absolute atomic E-state index is 12.9. The number of rotatable bonds is 4. The second-order valence-corrected chi connectivity index (χ2v) is 6.92. The zero-order valence-corrected chi connectivity index (χ0v) is 14.4. The summed E-state index contributed by atoms with van der Waals surface area (Å²) >= 11 is 1.01. The molecule has 2 amide bonds. The van der Waals surface area contributed by atoms with Crippen LogP contribution in [0.25, 0.3) is 0 Å². The van der Waals surface area contributed by atoms with Crippen LogP contribution in [0, 0.1) is 39.8 Å². The van der Waals surface area contributed by atoms with E-state index in [0.717, 1.165) is 11.8 Å². The summed E-state index contributed by atoms with van der Waals surface area (Å²) in [6.07, 6.45) is 0. The maximum atomic E-state index is 12.9. The van der Waals surface area contributed by atoms with Crippen LogP contribution in [0.5, 0.6) is 0 Å². The highest BCUT2D eigenvalue weighted by molar-refractivity contribution is 8.03. The highest BCUT2D eigenvalue weighted by atomic mass is 32.2. The van der Waals surface area contributed by atoms with E-state index in [4.69, 9.17) is 5.26 Å². The molecule has 0 aliphatic carbocycles. The van der Waals surface area contributed by atoms with Crippen LogP contribution >= 0.6 is 11.8 Å². The summed E-state index contributed by atoms with van der Waals surface area (Å²) in [4.78, 5) is 24.1. The van der Waals surface area contributed by atoms with E-state index in [-0.39, 0.29) is 22.3 Å². The lowest BCUT2D eigenvalue weighted by atomic mass is 9.72. The quantitative estimate of drug-likeness (QED) is 0.860. The molecular weight excluding hydrogens is 343 g/mol. The molecule has 0 spiro atoms. The van der Waals surface area contributed by atoms with Gasteiger partial charge in [0.05, 0.1) is 28.5 Å². The zero-order chi connectivity index (χ0) is 18.6. The summed E-state index contributed by atoms with van der Waals surface area (Å²) in [6, 6.07) is 9.26. The van der Waals surface area contributed by atoms with Gasteiger partial charge in [0.2, 0.25) is 11.8 Å². The first-order valence-corrected chi connectivity index (χ1v) is 8.31. The molecule has 2 N–H and O–H groups in total. The van der Waals surface area contributed by atoms with Crippen LogP contribution in [0.1, 0.15) is 13.8 Å². The van der Waals surface area contributed by atoms with Crippen molar-refractivity contribution < 1.29 is 14.0 Å². The molecule has 1 heterocycles. The Labute approximate surface area is 148 Å². The van der Waals surface area contributed by atoms with Gasteiger partial charge < -0.3 is 10.6 Å². The number of carbonyl (C=O) groups excluding carboxylic acids is 2. The van der Waals surface area contributed by atoms with Gasteiger partial charge >= 0.3 is 0 Å². The van der Waals surface area contributed by atoms with Crippen molar-refractivity contribution in [2.24, 2.45) is 11.3 Å². The average Bonchev–Trinajstić information content (AvgIpc) is 2.54. The lowest BCUT2D eigenvalue weighted by Crippen LogP contribution is -2.44. The molecule has 2 rings (SSSR count). The fraction of sp³-hybridized carbons (Fsp3) is 0.294. The molecule has 0 fully saturated rings. The Kier molecular flexibility index (Phi) is 5.45. The Hall–Kier alpha value is -2.84. The number of hydrogen-bond donors (Lipinski definition) is 2. The fourth-order valence-corrected chi connectivity index (χ4v) is 3.38. The summed E-state index contributed by atoms with van der Waals surface area (Å²) in [6.45, 7) is 3.30. The molecule has 128 valence electrons. The Morgan fingerprint density at radius 1 is 1.36 bits per heavy atom. The van der Waals surface area contributed by atoms with E-state index in [1.54, 1.807) is 13.8 Å². The summed E-state index contributed by atoms with van der Waals surface area (Å²) in [7, 11) is 0. The van der Waals surface area contributed by atoms with Crippen molar-refractivity contribution in [3.63, 3.8) is 0 Å². The first-order valence-electron chi connectivity index (χ1n) is 7.33. The molecule has 1 aromatic carbocycles. The minimum atomic E-state index is -0.973. The highest BCUT2D eigenvalue weighted by Crippen LogP contribution is 2.41. The van der Waals surface area contributed by atoms with Gasteiger partial charge in [0.15, 0.2) is 0 Å². The summed E-state index contributed by atoms with van der Waals surface area (Å²) < 4.78 is 12.9. The first-order chi connectivity index (χ1) is 11.8. The van der Waals surface area contributed by atoms with Crippen LogP contribution in [-0.2, 0) is 9.59 Å². The van der Waals surface area contributed by atoms with E-state index < -0.39 is 23.1 Å². The summed E-state index contributed by atoms with van der Waals surface area (Å²) in [5.41, 5.74) is -0.237.